The first-order valence-corrected chi connectivity index (χ1v) is 8.60. The minimum Gasteiger partial charge on any atom is -0.339 e. The summed E-state index contributed by atoms with van der Waals surface area (Å²) in [5, 5.41) is 7.18. The van der Waals surface area contributed by atoms with E-state index >= 15 is 0 Å². The summed E-state index contributed by atoms with van der Waals surface area (Å²) >= 11 is 3.51. The van der Waals surface area contributed by atoms with Crippen LogP contribution in [0.2, 0.25) is 0 Å². The van der Waals surface area contributed by atoms with Crippen LogP contribution in [0.15, 0.2) is 4.47 Å². The fraction of sp³-hybridized carbons (Fsp3) is 0.667. The zero-order chi connectivity index (χ0) is 15.9. The molecule has 0 bridgehead atoms. The summed E-state index contributed by atoms with van der Waals surface area (Å²) in [6.07, 6.45) is 2.31. The Morgan fingerprint density at radius 2 is 1.77 bits per heavy atom. The van der Waals surface area contributed by atoms with Crippen LogP contribution < -0.4 is 0 Å². The molecule has 2 aliphatic rings. The second kappa shape index (κ2) is 6.02. The first-order valence-electron chi connectivity index (χ1n) is 7.81. The van der Waals surface area contributed by atoms with Gasteiger partial charge in [-0.25, -0.2) is 0 Å². The van der Waals surface area contributed by atoms with Crippen LogP contribution in [0.25, 0.3) is 0 Å². The molecular formula is C15H21BrN4O2. The van der Waals surface area contributed by atoms with E-state index in [1.54, 1.807) is 4.90 Å². The third-order valence-corrected chi connectivity index (χ3v) is 5.10. The van der Waals surface area contributed by atoms with Crippen LogP contribution in [0, 0.1) is 5.92 Å². The highest BCUT2D eigenvalue weighted by atomic mass is 79.9. The summed E-state index contributed by atoms with van der Waals surface area (Å²) < 4.78 is 0.806. The van der Waals surface area contributed by atoms with Gasteiger partial charge in [-0.05, 0) is 28.8 Å². The maximum atomic E-state index is 12.6. The number of rotatable bonds is 3. The van der Waals surface area contributed by atoms with Gasteiger partial charge in [-0.2, -0.15) is 5.10 Å². The minimum atomic E-state index is -0.0633. The lowest BCUT2D eigenvalue weighted by atomic mass is 10.1. The van der Waals surface area contributed by atoms with Crippen molar-refractivity contribution in [3.63, 3.8) is 0 Å². The molecular weight excluding hydrogens is 348 g/mol. The van der Waals surface area contributed by atoms with Crippen LogP contribution in [0.3, 0.4) is 0 Å². The number of carbonyl (C=O) groups is 2. The quantitative estimate of drug-likeness (QED) is 0.886. The second-order valence-electron chi connectivity index (χ2n) is 6.35. The highest BCUT2D eigenvalue weighted by Crippen LogP contribution is 2.43. The number of piperazine rings is 1. The van der Waals surface area contributed by atoms with Crippen LogP contribution >= 0.6 is 15.9 Å². The number of halogens is 1. The molecule has 22 heavy (non-hydrogen) atoms. The van der Waals surface area contributed by atoms with E-state index in [1.165, 1.54) is 0 Å². The van der Waals surface area contributed by atoms with Gasteiger partial charge in [0.25, 0.3) is 5.91 Å². The molecule has 3 rings (SSSR count). The van der Waals surface area contributed by atoms with E-state index in [0.717, 1.165) is 23.0 Å². The Morgan fingerprint density at radius 3 is 2.32 bits per heavy atom. The molecule has 0 aromatic carbocycles. The molecule has 1 N–H and O–H groups in total. The van der Waals surface area contributed by atoms with Gasteiger partial charge >= 0.3 is 0 Å². The van der Waals surface area contributed by atoms with Crippen molar-refractivity contribution in [2.75, 3.05) is 26.2 Å². The Bertz CT molecular complexity index is 586. The molecule has 1 saturated heterocycles. The fourth-order valence-corrected chi connectivity index (χ4v) is 3.44. The molecule has 7 heteroatoms. The molecule has 120 valence electrons. The van der Waals surface area contributed by atoms with E-state index in [4.69, 9.17) is 0 Å². The standard InChI is InChI=1S/C15H21BrN4O2/c1-9(2)14(21)19-5-7-20(8-6-19)15(22)13-11(16)12(17-18-13)10-3-4-10/h9-10H,3-8H2,1-2H3,(H,17,18). The van der Waals surface area contributed by atoms with Gasteiger partial charge in [0.2, 0.25) is 5.91 Å². The molecule has 0 atom stereocenters. The summed E-state index contributed by atoms with van der Waals surface area (Å²) in [6.45, 7) is 6.13. The molecule has 0 radical (unpaired) electrons. The third-order valence-electron chi connectivity index (χ3n) is 4.29. The number of aromatic amines is 1. The maximum Gasteiger partial charge on any atom is 0.275 e. The van der Waals surface area contributed by atoms with Crippen LogP contribution in [-0.2, 0) is 4.79 Å². The number of hydrogen-bond donors (Lipinski definition) is 1. The molecule has 1 aliphatic heterocycles. The summed E-state index contributed by atoms with van der Waals surface area (Å²) in [5.74, 6) is 0.614. The Balaban J connectivity index is 1.63. The average Bonchev–Trinajstić information content (AvgIpc) is 3.29. The number of aromatic nitrogens is 2. The van der Waals surface area contributed by atoms with Crippen LogP contribution in [-0.4, -0.2) is 58.0 Å². The Kier molecular flexibility index (Phi) is 4.25. The molecule has 1 saturated carbocycles. The molecule has 2 amide bonds. The summed E-state index contributed by atoms with van der Waals surface area (Å²) in [6, 6.07) is 0. The van der Waals surface area contributed by atoms with Crippen molar-refractivity contribution >= 4 is 27.7 Å². The van der Waals surface area contributed by atoms with E-state index in [9.17, 15) is 9.59 Å². The number of carbonyl (C=O) groups excluding carboxylic acids is 2. The Labute approximate surface area is 138 Å². The van der Waals surface area contributed by atoms with Crippen LogP contribution in [0.5, 0.6) is 0 Å². The third kappa shape index (κ3) is 2.91. The summed E-state index contributed by atoms with van der Waals surface area (Å²) in [4.78, 5) is 28.2. The predicted molar refractivity (Wildman–Crippen MR) is 85.6 cm³/mol. The van der Waals surface area contributed by atoms with E-state index < -0.39 is 0 Å². The lowest BCUT2D eigenvalue weighted by molar-refractivity contribution is -0.135. The number of H-pyrrole nitrogens is 1. The van der Waals surface area contributed by atoms with Gasteiger partial charge in [0.1, 0.15) is 0 Å². The van der Waals surface area contributed by atoms with Gasteiger partial charge in [-0.15, -0.1) is 0 Å². The first kappa shape index (κ1) is 15.5. The van der Waals surface area contributed by atoms with Crippen molar-refractivity contribution in [1.29, 1.82) is 0 Å². The molecule has 1 aromatic rings. The van der Waals surface area contributed by atoms with Gasteiger partial charge in [-0.3, -0.25) is 14.7 Å². The number of nitrogens with zero attached hydrogens (tertiary/aromatic N) is 3. The highest BCUT2D eigenvalue weighted by molar-refractivity contribution is 9.10. The monoisotopic (exact) mass is 368 g/mol. The van der Waals surface area contributed by atoms with Crippen molar-refractivity contribution in [3.8, 4) is 0 Å². The van der Waals surface area contributed by atoms with Crippen molar-refractivity contribution in [2.45, 2.75) is 32.6 Å². The van der Waals surface area contributed by atoms with Gasteiger partial charge in [-0.1, -0.05) is 13.8 Å². The Morgan fingerprint density at radius 1 is 1.18 bits per heavy atom. The second-order valence-corrected chi connectivity index (χ2v) is 7.14. The number of nitrogens with one attached hydrogen (secondary N) is 1. The van der Waals surface area contributed by atoms with Crippen molar-refractivity contribution in [1.82, 2.24) is 20.0 Å². The zero-order valence-corrected chi connectivity index (χ0v) is 14.5. The van der Waals surface area contributed by atoms with Crippen molar-refractivity contribution < 1.29 is 9.59 Å². The molecule has 0 spiro atoms. The van der Waals surface area contributed by atoms with Crippen LogP contribution in [0.4, 0.5) is 0 Å². The average molecular weight is 369 g/mol. The van der Waals surface area contributed by atoms with Gasteiger partial charge in [0.15, 0.2) is 5.69 Å². The molecule has 6 nitrogen and oxygen atoms in total. The fourth-order valence-electron chi connectivity index (χ4n) is 2.77. The smallest absolute Gasteiger partial charge is 0.275 e. The first-order chi connectivity index (χ1) is 10.5. The predicted octanol–water partition coefficient (Wildman–Crippen LogP) is 1.99. The van der Waals surface area contributed by atoms with Crippen molar-refractivity contribution in [2.24, 2.45) is 5.92 Å². The van der Waals surface area contributed by atoms with Gasteiger partial charge < -0.3 is 9.80 Å². The lowest BCUT2D eigenvalue weighted by Crippen LogP contribution is -2.51. The van der Waals surface area contributed by atoms with Gasteiger partial charge in [0.05, 0.1) is 10.2 Å². The normalized spacial score (nSPS) is 18.9. The summed E-state index contributed by atoms with van der Waals surface area (Å²) in [5.41, 5.74) is 1.50. The van der Waals surface area contributed by atoms with Gasteiger partial charge in [0, 0.05) is 38.0 Å². The van der Waals surface area contributed by atoms with E-state index in [-0.39, 0.29) is 17.7 Å². The zero-order valence-electron chi connectivity index (χ0n) is 12.9. The maximum absolute atomic E-state index is 12.6. The topological polar surface area (TPSA) is 69.3 Å². The molecule has 2 heterocycles. The van der Waals surface area contributed by atoms with Crippen LogP contribution in [0.1, 0.15) is 48.8 Å². The Hall–Kier alpha value is -1.37. The van der Waals surface area contributed by atoms with Crippen molar-refractivity contribution in [3.05, 3.63) is 15.9 Å². The molecule has 0 unspecified atom stereocenters. The number of hydrogen-bond acceptors (Lipinski definition) is 3. The molecule has 2 fully saturated rings. The largest absolute Gasteiger partial charge is 0.339 e. The minimum absolute atomic E-state index is 0.00355. The highest BCUT2D eigenvalue weighted by Gasteiger charge is 2.33. The van der Waals surface area contributed by atoms with E-state index in [1.807, 2.05) is 18.7 Å². The van der Waals surface area contributed by atoms with E-state index in [2.05, 4.69) is 26.1 Å². The summed E-state index contributed by atoms with van der Waals surface area (Å²) in [7, 11) is 0. The SMILES string of the molecule is CC(C)C(=O)N1CCN(C(=O)c2n[nH]c(C3CC3)c2Br)CC1. The molecule has 1 aromatic heterocycles. The van der Waals surface area contributed by atoms with E-state index in [0.29, 0.717) is 37.8 Å². The lowest BCUT2D eigenvalue weighted by Gasteiger charge is -2.35. The number of amides is 2. The molecule has 1 aliphatic carbocycles.